The van der Waals surface area contributed by atoms with Gasteiger partial charge in [-0.1, -0.05) is 23.2 Å². The third kappa shape index (κ3) is 5.63. The van der Waals surface area contributed by atoms with Crippen molar-refractivity contribution < 1.29 is 4.79 Å². The van der Waals surface area contributed by atoms with E-state index < -0.39 is 0 Å². The molecule has 0 aliphatic rings. The van der Waals surface area contributed by atoms with Crippen LogP contribution in [0.4, 0.5) is 11.5 Å². The van der Waals surface area contributed by atoms with Gasteiger partial charge in [-0.2, -0.15) is 0 Å². The fourth-order valence-electron chi connectivity index (χ4n) is 1.97. The molecule has 0 fully saturated rings. The predicted molar refractivity (Wildman–Crippen MR) is 98.1 cm³/mol. The minimum absolute atomic E-state index is 0.256. The Balaban J connectivity index is 1.98. The molecule has 0 atom stereocenters. The number of nitrogens with one attached hydrogen (secondary N) is 2. The molecule has 0 aliphatic heterocycles. The van der Waals surface area contributed by atoms with Crippen molar-refractivity contribution in [1.82, 2.24) is 14.9 Å². The van der Waals surface area contributed by atoms with Gasteiger partial charge in [-0.15, -0.1) is 0 Å². The fourth-order valence-corrected chi connectivity index (χ4v) is 2.42. The summed E-state index contributed by atoms with van der Waals surface area (Å²) in [6.07, 6.45) is 2.32. The third-order valence-electron chi connectivity index (χ3n) is 3.17. The predicted octanol–water partition coefficient (Wildman–Crippen LogP) is 3.40. The van der Waals surface area contributed by atoms with Crippen LogP contribution < -0.4 is 10.6 Å². The van der Waals surface area contributed by atoms with Crippen molar-refractivity contribution in [2.24, 2.45) is 0 Å². The number of carbonyl (C=O) groups excluding carboxylic acids is 1. The van der Waals surface area contributed by atoms with Crippen LogP contribution in [-0.4, -0.2) is 48.0 Å². The number of amides is 1. The van der Waals surface area contributed by atoms with Crippen LogP contribution >= 0.6 is 23.2 Å². The van der Waals surface area contributed by atoms with Crippen LogP contribution in [0.1, 0.15) is 16.9 Å². The molecule has 1 aromatic heterocycles. The highest BCUT2D eigenvalue weighted by Gasteiger charge is 2.11. The molecule has 1 amide bonds. The first-order valence-corrected chi connectivity index (χ1v) is 8.18. The molecular weight excluding hydrogens is 349 g/mol. The summed E-state index contributed by atoms with van der Waals surface area (Å²) >= 11 is 11.9. The van der Waals surface area contributed by atoms with Gasteiger partial charge in [0.05, 0.1) is 10.7 Å². The number of halogens is 2. The number of aromatic nitrogens is 2. The zero-order valence-corrected chi connectivity index (χ0v) is 15.0. The first kappa shape index (κ1) is 18.4. The van der Waals surface area contributed by atoms with Gasteiger partial charge in [-0.05, 0) is 45.3 Å². The van der Waals surface area contributed by atoms with E-state index in [9.17, 15) is 4.79 Å². The Hall–Kier alpha value is -1.89. The van der Waals surface area contributed by atoms with Gasteiger partial charge in [-0.3, -0.25) is 4.79 Å². The Morgan fingerprint density at radius 2 is 2.00 bits per heavy atom. The normalized spacial score (nSPS) is 10.7. The molecule has 24 heavy (non-hydrogen) atoms. The number of benzene rings is 1. The molecule has 2 N–H and O–H groups in total. The molecule has 2 aromatic rings. The van der Waals surface area contributed by atoms with Crippen molar-refractivity contribution in [3.05, 3.63) is 46.3 Å². The van der Waals surface area contributed by atoms with Gasteiger partial charge in [0.1, 0.15) is 17.8 Å². The van der Waals surface area contributed by atoms with Gasteiger partial charge in [0.2, 0.25) is 0 Å². The van der Waals surface area contributed by atoms with Gasteiger partial charge in [0, 0.05) is 17.6 Å². The summed E-state index contributed by atoms with van der Waals surface area (Å²) in [7, 11) is 4.05. The Morgan fingerprint density at radius 1 is 1.21 bits per heavy atom. The maximum absolute atomic E-state index is 12.3. The van der Waals surface area contributed by atoms with Gasteiger partial charge in [0.25, 0.3) is 5.91 Å². The van der Waals surface area contributed by atoms with Gasteiger partial charge < -0.3 is 15.5 Å². The largest absolute Gasteiger partial charge is 0.370 e. The van der Waals surface area contributed by atoms with Gasteiger partial charge in [-0.25, -0.2) is 9.97 Å². The highest BCUT2D eigenvalue weighted by Crippen LogP contribution is 2.25. The van der Waals surface area contributed by atoms with Crippen molar-refractivity contribution in [3.63, 3.8) is 0 Å². The molecule has 1 heterocycles. The highest BCUT2D eigenvalue weighted by molar-refractivity contribution is 6.36. The number of carbonyl (C=O) groups is 1. The molecule has 0 saturated carbocycles. The molecule has 1 aromatic carbocycles. The standard InChI is InChI=1S/C16H19Cl2N5O/c1-23(2)7-3-6-19-15-9-14(20-10-21-15)16(24)22-13-5-4-11(17)8-12(13)18/h4-5,8-10H,3,6-7H2,1-2H3,(H,22,24)(H,19,20,21). The Bertz CT molecular complexity index is 709. The lowest BCUT2D eigenvalue weighted by atomic mass is 10.3. The smallest absolute Gasteiger partial charge is 0.274 e. The second kappa shape index (κ2) is 8.82. The third-order valence-corrected chi connectivity index (χ3v) is 3.72. The maximum atomic E-state index is 12.3. The van der Waals surface area contributed by atoms with E-state index in [2.05, 4.69) is 25.5 Å². The molecule has 0 spiro atoms. The Morgan fingerprint density at radius 3 is 2.71 bits per heavy atom. The number of nitrogens with zero attached hydrogens (tertiary/aromatic N) is 3. The van der Waals surface area contributed by atoms with Crippen LogP contribution in [0.5, 0.6) is 0 Å². The summed E-state index contributed by atoms with van der Waals surface area (Å²) in [5, 5.41) is 6.76. The van der Waals surface area contributed by atoms with Crippen molar-refractivity contribution in [2.75, 3.05) is 37.8 Å². The SMILES string of the molecule is CN(C)CCCNc1cc(C(=O)Nc2ccc(Cl)cc2Cl)ncn1. The fraction of sp³-hybridized carbons (Fsp3) is 0.312. The molecule has 2 rings (SSSR count). The quantitative estimate of drug-likeness (QED) is 0.733. The van der Waals surface area contributed by atoms with Gasteiger partial charge in [0.15, 0.2) is 0 Å². The van der Waals surface area contributed by atoms with Gasteiger partial charge >= 0.3 is 0 Å². The molecule has 6 nitrogen and oxygen atoms in total. The monoisotopic (exact) mass is 367 g/mol. The summed E-state index contributed by atoms with van der Waals surface area (Å²) in [4.78, 5) is 22.5. The van der Waals surface area contributed by atoms with E-state index in [1.54, 1.807) is 24.3 Å². The van der Waals surface area contributed by atoms with Crippen molar-refractivity contribution in [1.29, 1.82) is 0 Å². The van der Waals surface area contributed by atoms with Crippen molar-refractivity contribution in [2.45, 2.75) is 6.42 Å². The van der Waals surface area contributed by atoms with Crippen LogP contribution in [0, 0.1) is 0 Å². The zero-order chi connectivity index (χ0) is 17.5. The lowest BCUT2D eigenvalue weighted by molar-refractivity contribution is 0.102. The van der Waals surface area contributed by atoms with E-state index in [1.165, 1.54) is 6.33 Å². The zero-order valence-electron chi connectivity index (χ0n) is 13.5. The molecule has 0 bridgehead atoms. The minimum atomic E-state index is -0.363. The summed E-state index contributed by atoms with van der Waals surface area (Å²) in [5.41, 5.74) is 0.733. The van der Waals surface area contributed by atoms with Crippen molar-refractivity contribution >= 4 is 40.6 Å². The first-order chi connectivity index (χ1) is 11.5. The molecule has 0 unspecified atom stereocenters. The first-order valence-electron chi connectivity index (χ1n) is 7.43. The number of anilines is 2. The molecule has 0 saturated heterocycles. The second-order valence-electron chi connectivity index (χ2n) is 5.45. The molecule has 0 aliphatic carbocycles. The van der Waals surface area contributed by atoms with Crippen molar-refractivity contribution in [3.8, 4) is 0 Å². The summed E-state index contributed by atoms with van der Waals surface area (Å²) in [5.74, 6) is 0.245. The summed E-state index contributed by atoms with van der Waals surface area (Å²) < 4.78 is 0. The Labute approximate surface area is 151 Å². The molecular formula is C16H19Cl2N5O. The highest BCUT2D eigenvalue weighted by atomic mass is 35.5. The molecule has 0 radical (unpaired) electrons. The van der Waals surface area contributed by atoms with E-state index >= 15 is 0 Å². The molecule has 128 valence electrons. The van der Waals surface area contributed by atoms with E-state index in [1.807, 2.05) is 14.1 Å². The number of hydrogen-bond acceptors (Lipinski definition) is 5. The lowest BCUT2D eigenvalue weighted by Gasteiger charge is -2.11. The lowest BCUT2D eigenvalue weighted by Crippen LogP contribution is -2.17. The summed E-state index contributed by atoms with van der Waals surface area (Å²) in [6, 6.07) is 6.47. The maximum Gasteiger partial charge on any atom is 0.274 e. The van der Waals surface area contributed by atoms with Crippen LogP contribution in [0.15, 0.2) is 30.6 Å². The van der Waals surface area contributed by atoms with E-state index in [-0.39, 0.29) is 11.6 Å². The Kier molecular flexibility index (Phi) is 6.78. The topological polar surface area (TPSA) is 70.2 Å². The minimum Gasteiger partial charge on any atom is -0.370 e. The number of rotatable bonds is 7. The van der Waals surface area contributed by atoms with E-state index in [0.29, 0.717) is 21.6 Å². The van der Waals surface area contributed by atoms with Crippen LogP contribution in [0.2, 0.25) is 10.0 Å². The average molecular weight is 368 g/mol. The molecule has 8 heteroatoms. The second-order valence-corrected chi connectivity index (χ2v) is 6.29. The van der Waals surface area contributed by atoms with E-state index in [4.69, 9.17) is 23.2 Å². The summed E-state index contributed by atoms with van der Waals surface area (Å²) in [6.45, 7) is 1.74. The van der Waals surface area contributed by atoms with E-state index in [0.717, 1.165) is 19.5 Å². The van der Waals surface area contributed by atoms with Crippen LogP contribution in [0.25, 0.3) is 0 Å². The van der Waals surface area contributed by atoms with Crippen LogP contribution in [-0.2, 0) is 0 Å². The van der Waals surface area contributed by atoms with Crippen LogP contribution in [0.3, 0.4) is 0 Å². The number of hydrogen-bond donors (Lipinski definition) is 2. The average Bonchev–Trinajstić information content (AvgIpc) is 2.54.